The molecule has 0 spiro atoms. The minimum Gasteiger partial charge on any atom is -0.390 e. The van der Waals surface area contributed by atoms with Crippen LogP contribution < -0.4 is 5.32 Å². The van der Waals surface area contributed by atoms with Crippen LogP contribution in [0.2, 0.25) is 0 Å². The summed E-state index contributed by atoms with van der Waals surface area (Å²) >= 11 is 1.70. The Hall–Kier alpha value is -1.21. The predicted octanol–water partition coefficient (Wildman–Crippen LogP) is 1.68. The van der Waals surface area contributed by atoms with Gasteiger partial charge in [0.1, 0.15) is 0 Å². The third-order valence-electron chi connectivity index (χ3n) is 3.85. The largest absolute Gasteiger partial charge is 0.390 e. The summed E-state index contributed by atoms with van der Waals surface area (Å²) in [5.74, 6) is 0. The van der Waals surface area contributed by atoms with E-state index in [0.717, 1.165) is 37.4 Å². The molecule has 0 aliphatic carbocycles. The number of hydrogen-bond acceptors (Lipinski definition) is 5. The summed E-state index contributed by atoms with van der Waals surface area (Å²) in [6, 6.07) is 4.13. The number of aliphatic hydroxyl groups is 1. The molecule has 1 saturated heterocycles. The molecule has 5 nitrogen and oxygen atoms in total. The maximum Gasteiger partial charge on any atom is 0.0794 e. The van der Waals surface area contributed by atoms with Gasteiger partial charge in [0, 0.05) is 25.2 Å². The molecule has 1 aliphatic rings. The Bertz CT molecular complexity index is 534. The van der Waals surface area contributed by atoms with Crippen molar-refractivity contribution in [2.24, 2.45) is 0 Å². The summed E-state index contributed by atoms with van der Waals surface area (Å²) in [5.41, 5.74) is 2.22. The fourth-order valence-corrected chi connectivity index (χ4v) is 3.54. The van der Waals surface area contributed by atoms with Crippen LogP contribution in [-0.4, -0.2) is 52.5 Å². The summed E-state index contributed by atoms with van der Waals surface area (Å²) < 4.78 is 0. The zero-order valence-corrected chi connectivity index (χ0v) is 12.9. The number of nitrogens with zero attached hydrogens (tertiary/aromatic N) is 2. The zero-order chi connectivity index (χ0) is 14.5. The summed E-state index contributed by atoms with van der Waals surface area (Å²) in [4.78, 5) is 3.53. The lowest BCUT2D eigenvalue weighted by Gasteiger charge is -2.19. The highest BCUT2D eigenvalue weighted by Crippen LogP contribution is 2.25. The standard InChI is InChI=1S/C15H22N4OS/c20-13(11-19-5-1-2-6-19)10-16-8-12-9-17-18-15(12)14-4-3-7-21-14/h3-4,7,9,13,16,20H,1-2,5-6,8,10-11H2,(H,17,18). The molecule has 1 unspecified atom stereocenters. The minimum absolute atomic E-state index is 0.305. The van der Waals surface area contributed by atoms with Gasteiger partial charge in [-0.05, 0) is 37.4 Å². The Morgan fingerprint density at radius 2 is 2.29 bits per heavy atom. The first kappa shape index (κ1) is 14.7. The van der Waals surface area contributed by atoms with Crippen molar-refractivity contribution >= 4 is 11.3 Å². The highest BCUT2D eigenvalue weighted by Gasteiger charge is 2.15. The number of aromatic amines is 1. The molecule has 1 aliphatic heterocycles. The number of β-amino-alcohol motifs (C(OH)–C–C–N with tert-alkyl or cyclic N) is 1. The maximum atomic E-state index is 10.1. The van der Waals surface area contributed by atoms with Gasteiger partial charge in [-0.3, -0.25) is 5.10 Å². The Kier molecular flexibility index (Phi) is 5.03. The highest BCUT2D eigenvalue weighted by molar-refractivity contribution is 7.13. The Balaban J connectivity index is 1.46. The fourth-order valence-electron chi connectivity index (χ4n) is 2.78. The van der Waals surface area contributed by atoms with Gasteiger partial charge in [-0.1, -0.05) is 6.07 Å². The second-order valence-corrected chi connectivity index (χ2v) is 6.49. The average Bonchev–Trinajstić information content (AvgIpc) is 3.20. The number of hydrogen-bond donors (Lipinski definition) is 3. The monoisotopic (exact) mass is 306 g/mol. The van der Waals surface area contributed by atoms with Gasteiger partial charge >= 0.3 is 0 Å². The van der Waals surface area contributed by atoms with E-state index < -0.39 is 0 Å². The van der Waals surface area contributed by atoms with Crippen molar-refractivity contribution in [1.82, 2.24) is 20.4 Å². The summed E-state index contributed by atoms with van der Waals surface area (Å²) in [6.07, 6.45) is 4.08. The van der Waals surface area contributed by atoms with E-state index in [-0.39, 0.29) is 6.10 Å². The molecule has 114 valence electrons. The molecular formula is C15H22N4OS. The Morgan fingerprint density at radius 1 is 1.43 bits per heavy atom. The van der Waals surface area contributed by atoms with Crippen LogP contribution in [0.15, 0.2) is 23.7 Å². The molecular weight excluding hydrogens is 284 g/mol. The first-order valence-electron chi connectivity index (χ1n) is 7.50. The molecule has 0 radical (unpaired) electrons. The van der Waals surface area contributed by atoms with Crippen molar-refractivity contribution in [3.05, 3.63) is 29.3 Å². The van der Waals surface area contributed by atoms with Gasteiger partial charge < -0.3 is 15.3 Å². The van der Waals surface area contributed by atoms with Gasteiger partial charge in [0.25, 0.3) is 0 Å². The number of rotatable bonds is 7. The third-order valence-corrected chi connectivity index (χ3v) is 4.74. The van der Waals surface area contributed by atoms with Crippen molar-refractivity contribution in [3.63, 3.8) is 0 Å². The molecule has 21 heavy (non-hydrogen) atoms. The van der Waals surface area contributed by atoms with E-state index in [9.17, 15) is 5.11 Å². The van der Waals surface area contributed by atoms with Gasteiger partial charge in [0.2, 0.25) is 0 Å². The first-order valence-corrected chi connectivity index (χ1v) is 8.38. The van der Waals surface area contributed by atoms with E-state index >= 15 is 0 Å². The Labute approximate surface area is 129 Å². The minimum atomic E-state index is -0.305. The predicted molar refractivity (Wildman–Crippen MR) is 85.3 cm³/mol. The van der Waals surface area contributed by atoms with Crippen LogP contribution in [0.5, 0.6) is 0 Å². The van der Waals surface area contributed by atoms with Crippen molar-refractivity contribution in [2.75, 3.05) is 26.2 Å². The van der Waals surface area contributed by atoms with Crippen LogP contribution >= 0.6 is 11.3 Å². The van der Waals surface area contributed by atoms with Gasteiger partial charge in [0.15, 0.2) is 0 Å². The summed E-state index contributed by atoms with van der Waals surface area (Å²) in [6.45, 7) is 4.37. The highest BCUT2D eigenvalue weighted by atomic mass is 32.1. The van der Waals surface area contributed by atoms with Gasteiger partial charge in [-0.15, -0.1) is 11.3 Å². The zero-order valence-electron chi connectivity index (χ0n) is 12.1. The van der Waals surface area contributed by atoms with Crippen molar-refractivity contribution in [1.29, 1.82) is 0 Å². The van der Waals surface area contributed by atoms with E-state index in [0.29, 0.717) is 6.54 Å². The third kappa shape index (κ3) is 3.91. The molecule has 0 saturated carbocycles. The number of nitrogens with one attached hydrogen (secondary N) is 2. The van der Waals surface area contributed by atoms with Gasteiger partial charge in [-0.25, -0.2) is 0 Å². The fraction of sp³-hybridized carbons (Fsp3) is 0.533. The number of H-pyrrole nitrogens is 1. The number of likely N-dealkylation sites (tertiary alicyclic amines) is 1. The van der Waals surface area contributed by atoms with E-state index in [1.807, 2.05) is 12.3 Å². The molecule has 1 fully saturated rings. The maximum absolute atomic E-state index is 10.1. The van der Waals surface area contributed by atoms with Crippen LogP contribution in [0, 0.1) is 0 Å². The van der Waals surface area contributed by atoms with Crippen molar-refractivity contribution in [2.45, 2.75) is 25.5 Å². The van der Waals surface area contributed by atoms with E-state index in [1.165, 1.54) is 17.7 Å². The summed E-state index contributed by atoms with van der Waals surface area (Å²) in [5, 5.41) is 22.6. The molecule has 2 aromatic heterocycles. The molecule has 6 heteroatoms. The number of aliphatic hydroxyl groups excluding tert-OH is 1. The van der Waals surface area contributed by atoms with Crippen LogP contribution in [0.1, 0.15) is 18.4 Å². The number of aromatic nitrogens is 2. The number of thiophene rings is 1. The molecule has 3 rings (SSSR count). The quantitative estimate of drug-likeness (QED) is 0.728. The topological polar surface area (TPSA) is 64.2 Å². The average molecular weight is 306 g/mol. The molecule has 3 heterocycles. The van der Waals surface area contributed by atoms with Gasteiger partial charge in [0.05, 0.1) is 22.9 Å². The molecule has 0 aromatic carbocycles. The second kappa shape index (κ2) is 7.17. The lowest BCUT2D eigenvalue weighted by molar-refractivity contribution is 0.123. The molecule has 0 bridgehead atoms. The van der Waals surface area contributed by atoms with E-state index in [1.54, 1.807) is 11.3 Å². The van der Waals surface area contributed by atoms with Crippen LogP contribution in [0.4, 0.5) is 0 Å². The van der Waals surface area contributed by atoms with Crippen LogP contribution in [0.25, 0.3) is 10.6 Å². The first-order chi connectivity index (χ1) is 10.3. The van der Waals surface area contributed by atoms with E-state index in [4.69, 9.17) is 0 Å². The molecule has 3 N–H and O–H groups in total. The molecule has 0 amide bonds. The summed E-state index contributed by atoms with van der Waals surface area (Å²) in [7, 11) is 0. The SMILES string of the molecule is OC(CNCc1cn[nH]c1-c1cccs1)CN1CCCC1. The van der Waals surface area contributed by atoms with Crippen molar-refractivity contribution < 1.29 is 5.11 Å². The van der Waals surface area contributed by atoms with Gasteiger partial charge in [-0.2, -0.15) is 5.10 Å². The lowest BCUT2D eigenvalue weighted by Crippen LogP contribution is -2.36. The normalized spacial score (nSPS) is 17.4. The second-order valence-electron chi connectivity index (χ2n) is 5.54. The molecule has 2 aromatic rings. The Morgan fingerprint density at radius 3 is 3.05 bits per heavy atom. The lowest BCUT2D eigenvalue weighted by atomic mass is 10.2. The molecule has 1 atom stereocenters. The van der Waals surface area contributed by atoms with Crippen molar-refractivity contribution in [3.8, 4) is 10.6 Å². The smallest absolute Gasteiger partial charge is 0.0794 e. The van der Waals surface area contributed by atoms with E-state index in [2.05, 4.69) is 31.9 Å². The van der Waals surface area contributed by atoms with Crippen LogP contribution in [-0.2, 0) is 6.54 Å². The van der Waals surface area contributed by atoms with Crippen LogP contribution in [0.3, 0.4) is 0 Å².